The van der Waals surface area contributed by atoms with Crippen molar-refractivity contribution in [2.45, 2.75) is 19.9 Å². The molecule has 0 bridgehead atoms. The van der Waals surface area contributed by atoms with Gasteiger partial charge in [0, 0.05) is 39.5 Å². The van der Waals surface area contributed by atoms with Gasteiger partial charge in [-0.3, -0.25) is 4.99 Å². The second kappa shape index (κ2) is 8.82. The van der Waals surface area contributed by atoms with Crippen LogP contribution in [0.25, 0.3) is 16.9 Å². The molecule has 0 aliphatic heterocycles. The van der Waals surface area contributed by atoms with E-state index in [4.69, 9.17) is 4.98 Å². The van der Waals surface area contributed by atoms with E-state index < -0.39 is 0 Å². The number of rotatable bonds is 6. The van der Waals surface area contributed by atoms with Crippen LogP contribution in [0, 0.1) is 6.92 Å². The van der Waals surface area contributed by atoms with E-state index in [0.717, 1.165) is 47.3 Å². The van der Waals surface area contributed by atoms with E-state index >= 15 is 0 Å². The molecule has 30 heavy (non-hydrogen) atoms. The summed E-state index contributed by atoms with van der Waals surface area (Å²) in [6.07, 6.45) is 6.82. The van der Waals surface area contributed by atoms with Gasteiger partial charge in [0.1, 0.15) is 11.5 Å². The van der Waals surface area contributed by atoms with Crippen molar-refractivity contribution in [3.63, 3.8) is 0 Å². The lowest BCUT2D eigenvalue weighted by atomic mass is 10.2. The molecule has 0 spiro atoms. The van der Waals surface area contributed by atoms with Crippen LogP contribution in [-0.2, 0) is 13.0 Å². The first-order valence-electron chi connectivity index (χ1n) is 10.1. The minimum absolute atomic E-state index is 0.639. The second-order valence-corrected chi connectivity index (χ2v) is 7.34. The predicted octanol–water partition coefficient (Wildman–Crippen LogP) is 3.28. The fraction of sp³-hybridized carbons (Fsp3) is 0.261. The van der Waals surface area contributed by atoms with Crippen LogP contribution in [0.4, 0.5) is 0 Å². The third-order valence-electron chi connectivity index (χ3n) is 5.07. The van der Waals surface area contributed by atoms with Crippen LogP contribution in [0.3, 0.4) is 0 Å². The monoisotopic (exact) mass is 401 g/mol. The van der Waals surface area contributed by atoms with Crippen molar-refractivity contribution < 1.29 is 0 Å². The van der Waals surface area contributed by atoms with E-state index in [1.165, 1.54) is 5.56 Å². The van der Waals surface area contributed by atoms with Gasteiger partial charge in [-0.05, 0) is 24.1 Å². The lowest BCUT2D eigenvalue weighted by Crippen LogP contribution is -2.39. The maximum Gasteiger partial charge on any atom is 0.193 e. The Bertz CT molecular complexity index is 1140. The number of H-pyrrole nitrogens is 1. The number of aliphatic imine (C=N–C) groups is 1. The topological polar surface area (TPSA) is 73.6 Å². The largest absolute Gasteiger partial charge is 0.356 e. The number of fused-ring (bicyclic) bond motifs is 1. The first-order chi connectivity index (χ1) is 14.6. The lowest BCUT2D eigenvalue weighted by Gasteiger charge is -2.20. The lowest BCUT2D eigenvalue weighted by molar-refractivity contribution is 0.464. The first-order valence-corrected chi connectivity index (χ1v) is 10.1. The number of benzene rings is 1. The molecule has 0 fully saturated rings. The molecule has 7 heteroatoms. The number of aryl methyl sites for hydroxylation is 1. The molecule has 0 aliphatic carbocycles. The summed E-state index contributed by atoms with van der Waals surface area (Å²) in [6, 6.07) is 14.3. The summed E-state index contributed by atoms with van der Waals surface area (Å²) in [7, 11) is 3.80. The van der Waals surface area contributed by atoms with Crippen molar-refractivity contribution in [1.29, 1.82) is 0 Å². The highest BCUT2D eigenvalue weighted by Crippen LogP contribution is 2.16. The number of hydrogen-bond acceptors (Lipinski definition) is 3. The summed E-state index contributed by atoms with van der Waals surface area (Å²) in [6.45, 7) is 3.48. The molecule has 0 radical (unpaired) electrons. The molecule has 0 aliphatic rings. The van der Waals surface area contributed by atoms with E-state index in [9.17, 15) is 0 Å². The minimum atomic E-state index is 0.639. The highest BCUT2D eigenvalue weighted by atomic mass is 15.3. The second-order valence-electron chi connectivity index (χ2n) is 7.34. The number of hydrogen-bond donors (Lipinski definition) is 2. The van der Waals surface area contributed by atoms with Gasteiger partial charge in [0.25, 0.3) is 0 Å². The molecule has 4 rings (SSSR count). The quantitative estimate of drug-likeness (QED) is 0.384. The fourth-order valence-electron chi connectivity index (χ4n) is 3.52. The van der Waals surface area contributed by atoms with Crippen molar-refractivity contribution in [2.75, 3.05) is 20.6 Å². The van der Waals surface area contributed by atoms with Crippen LogP contribution in [0.5, 0.6) is 0 Å². The number of guanidine groups is 1. The standard InChI is InChI=1S/C23H27N7/c1-17-8-7-13-30-15-19(27-22(17)30)11-12-25-23(24-2)29(3)16-21-26-14-20(28-21)18-9-5-4-6-10-18/h4-10,13-15H,11-12,16H2,1-3H3,(H,24,25)(H,26,28). The van der Waals surface area contributed by atoms with Crippen LogP contribution in [-0.4, -0.2) is 50.9 Å². The highest BCUT2D eigenvalue weighted by molar-refractivity contribution is 5.79. The van der Waals surface area contributed by atoms with E-state index in [1.54, 1.807) is 7.05 Å². The van der Waals surface area contributed by atoms with Crippen molar-refractivity contribution >= 4 is 11.6 Å². The Morgan fingerprint density at radius 3 is 2.80 bits per heavy atom. The zero-order valence-corrected chi connectivity index (χ0v) is 17.6. The highest BCUT2D eigenvalue weighted by Gasteiger charge is 2.10. The summed E-state index contributed by atoms with van der Waals surface area (Å²) in [5, 5.41) is 3.42. The number of nitrogens with one attached hydrogen (secondary N) is 2. The van der Waals surface area contributed by atoms with Gasteiger partial charge in [-0.1, -0.05) is 36.4 Å². The molecular weight excluding hydrogens is 374 g/mol. The van der Waals surface area contributed by atoms with E-state index in [0.29, 0.717) is 6.54 Å². The molecule has 0 amide bonds. The van der Waals surface area contributed by atoms with Crippen LogP contribution in [0.15, 0.2) is 66.0 Å². The maximum absolute atomic E-state index is 4.73. The summed E-state index contributed by atoms with van der Waals surface area (Å²) in [5.41, 5.74) is 5.41. The van der Waals surface area contributed by atoms with Gasteiger partial charge in [-0.2, -0.15) is 0 Å². The maximum atomic E-state index is 4.73. The molecule has 0 unspecified atom stereocenters. The van der Waals surface area contributed by atoms with Crippen molar-refractivity contribution in [3.8, 4) is 11.3 Å². The van der Waals surface area contributed by atoms with Gasteiger partial charge in [-0.25, -0.2) is 9.97 Å². The molecule has 0 saturated carbocycles. The number of imidazole rings is 2. The Hall–Kier alpha value is -3.61. The first kappa shape index (κ1) is 19.7. The number of nitrogens with zero attached hydrogens (tertiary/aromatic N) is 5. The van der Waals surface area contributed by atoms with E-state index in [2.05, 4.69) is 60.9 Å². The predicted molar refractivity (Wildman–Crippen MR) is 120 cm³/mol. The molecule has 2 N–H and O–H groups in total. The Kier molecular flexibility index (Phi) is 5.79. The SMILES string of the molecule is CN=C(NCCc1cn2cccc(C)c2n1)N(C)Cc1ncc(-c2ccccc2)[nH]1. The van der Waals surface area contributed by atoms with Crippen LogP contribution < -0.4 is 5.32 Å². The number of aromatic nitrogens is 4. The van der Waals surface area contributed by atoms with Crippen LogP contribution >= 0.6 is 0 Å². The normalized spacial score (nSPS) is 11.8. The smallest absolute Gasteiger partial charge is 0.193 e. The third kappa shape index (κ3) is 4.35. The minimum Gasteiger partial charge on any atom is -0.356 e. The molecule has 7 nitrogen and oxygen atoms in total. The Balaban J connectivity index is 1.33. The zero-order valence-electron chi connectivity index (χ0n) is 17.6. The van der Waals surface area contributed by atoms with E-state index in [1.807, 2.05) is 43.7 Å². The molecule has 3 heterocycles. The molecule has 0 atom stereocenters. The van der Waals surface area contributed by atoms with Crippen molar-refractivity contribution in [3.05, 3.63) is 78.1 Å². The Morgan fingerprint density at radius 2 is 2.03 bits per heavy atom. The Labute approximate surface area is 176 Å². The molecule has 154 valence electrons. The third-order valence-corrected chi connectivity index (χ3v) is 5.07. The molecule has 4 aromatic rings. The van der Waals surface area contributed by atoms with Crippen molar-refractivity contribution in [1.82, 2.24) is 29.6 Å². The van der Waals surface area contributed by atoms with Gasteiger partial charge in [-0.15, -0.1) is 0 Å². The Morgan fingerprint density at radius 1 is 1.20 bits per heavy atom. The van der Waals surface area contributed by atoms with E-state index in [-0.39, 0.29) is 0 Å². The van der Waals surface area contributed by atoms with Gasteiger partial charge < -0.3 is 19.6 Å². The summed E-state index contributed by atoms with van der Waals surface area (Å²) < 4.78 is 2.08. The average molecular weight is 402 g/mol. The number of aromatic amines is 1. The van der Waals surface area contributed by atoms with Crippen LogP contribution in [0.1, 0.15) is 17.1 Å². The molecular formula is C23H27N7. The molecule has 3 aromatic heterocycles. The molecule has 0 saturated heterocycles. The molecule has 1 aromatic carbocycles. The number of pyridine rings is 1. The van der Waals surface area contributed by atoms with Crippen molar-refractivity contribution in [2.24, 2.45) is 4.99 Å². The summed E-state index contributed by atoms with van der Waals surface area (Å²) in [4.78, 5) is 19.1. The summed E-state index contributed by atoms with van der Waals surface area (Å²) in [5.74, 6) is 1.72. The summed E-state index contributed by atoms with van der Waals surface area (Å²) >= 11 is 0. The van der Waals surface area contributed by atoms with Gasteiger partial charge >= 0.3 is 0 Å². The zero-order chi connectivity index (χ0) is 20.9. The van der Waals surface area contributed by atoms with Gasteiger partial charge in [0.15, 0.2) is 5.96 Å². The van der Waals surface area contributed by atoms with Crippen LogP contribution in [0.2, 0.25) is 0 Å². The average Bonchev–Trinajstić information content (AvgIpc) is 3.39. The fourth-order valence-corrected chi connectivity index (χ4v) is 3.52. The van der Waals surface area contributed by atoms with Gasteiger partial charge in [0.05, 0.1) is 24.1 Å². The van der Waals surface area contributed by atoms with Gasteiger partial charge in [0.2, 0.25) is 0 Å².